The number of nitrogens with one attached hydrogen (secondary N) is 1. The zero-order valence-electron chi connectivity index (χ0n) is 13.1. The Hall–Kier alpha value is -1.51. The minimum Gasteiger partial charge on any atom is -0.497 e. The van der Waals surface area contributed by atoms with Gasteiger partial charge < -0.3 is 10.1 Å². The number of hydrogen-bond acceptors (Lipinski definition) is 2. The molecule has 0 spiro atoms. The minimum absolute atomic E-state index is 0.0900. The van der Waals surface area contributed by atoms with Gasteiger partial charge in [0.2, 0.25) is 5.91 Å². The van der Waals surface area contributed by atoms with Crippen molar-refractivity contribution in [3.63, 3.8) is 0 Å². The molecule has 0 radical (unpaired) electrons. The molecule has 0 saturated carbocycles. The molecule has 20 heavy (non-hydrogen) atoms. The predicted molar refractivity (Wildman–Crippen MR) is 83.0 cm³/mol. The molecule has 0 aliphatic rings. The molecule has 1 N–H and O–H groups in total. The van der Waals surface area contributed by atoms with E-state index < -0.39 is 0 Å². The van der Waals surface area contributed by atoms with Crippen LogP contribution in [0.3, 0.4) is 0 Å². The number of methoxy groups -OCH3 is 1. The summed E-state index contributed by atoms with van der Waals surface area (Å²) in [6.07, 6.45) is 3.87. The van der Waals surface area contributed by atoms with Gasteiger partial charge in [-0.2, -0.15) is 0 Å². The predicted octanol–water partition coefficient (Wildman–Crippen LogP) is 3.57. The molecule has 1 atom stereocenters. The van der Waals surface area contributed by atoms with Gasteiger partial charge in [-0.1, -0.05) is 38.8 Å². The first kappa shape index (κ1) is 16.5. The Morgan fingerprint density at radius 2 is 1.80 bits per heavy atom. The highest BCUT2D eigenvalue weighted by Crippen LogP contribution is 2.12. The van der Waals surface area contributed by atoms with Crippen LogP contribution < -0.4 is 10.1 Å². The molecule has 0 heterocycles. The monoisotopic (exact) mass is 277 g/mol. The molecule has 0 fully saturated rings. The fourth-order valence-electron chi connectivity index (χ4n) is 2.16. The summed E-state index contributed by atoms with van der Waals surface area (Å²) in [6.45, 7) is 6.53. The summed E-state index contributed by atoms with van der Waals surface area (Å²) in [6, 6.07) is 7.88. The highest BCUT2D eigenvalue weighted by Gasteiger charge is 2.08. The lowest BCUT2D eigenvalue weighted by Gasteiger charge is -2.14. The number of benzene rings is 1. The summed E-state index contributed by atoms with van der Waals surface area (Å²) in [5.74, 6) is 1.64. The Kier molecular flexibility index (Phi) is 7.13. The van der Waals surface area contributed by atoms with Crippen LogP contribution in [-0.4, -0.2) is 19.1 Å². The summed E-state index contributed by atoms with van der Waals surface area (Å²) >= 11 is 0. The second-order valence-electron chi connectivity index (χ2n) is 5.82. The average Bonchev–Trinajstić information content (AvgIpc) is 2.38. The fourth-order valence-corrected chi connectivity index (χ4v) is 2.16. The Labute approximate surface area is 122 Å². The van der Waals surface area contributed by atoms with Crippen LogP contribution in [-0.2, 0) is 11.2 Å². The number of carbonyl (C=O) groups is 1. The fraction of sp³-hybridized carbons (Fsp3) is 0.588. The van der Waals surface area contributed by atoms with Crippen molar-refractivity contribution >= 4 is 5.91 Å². The first-order valence-electron chi connectivity index (χ1n) is 7.43. The van der Waals surface area contributed by atoms with Crippen LogP contribution in [0, 0.1) is 5.92 Å². The maximum Gasteiger partial charge on any atom is 0.224 e. The second-order valence-corrected chi connectivity index (χ2v) is 5.82. The summed E-state index contributed by atoms with van der Waals surface area (Å²) < 4.78 is 5.10. The van der Waals surface area contributed by atoms with Crippen LogP contribution in [0.5, 0.6) is 5.75 Å². The van der Waals surface area contributed by atoms with Gasteiger partial charge in [-0.15, -0.1) is 0 Å². The zero-order valence-corrected chi connectivity index (χ0v) is 13.1. The zero-order chi connectivity index (χ0) is 15.0. The Bertz CT molecular complexity index is 398. The summed E-state index contributed by atoms with van der Waals surface area (Å²) in [5.41, 5.74) is 1.01. The van der Waals surface area contributed by atoms with Gasteiger partial charge in [0.25, 0.3) is 0 Å². The summed E-state index contributed by atoms with van der Waals surface area (Å²) in [7, 11) is 1.64. The number of amides is 1. The van der Waals surface area contributed by atoms with E-state index in [0.29, 0.717) is 6.42 Å². The van der Waals surface area contributed by atoms with Gasteiger partial charge >= 0.3 is 0 Å². The largest absolute Gasteiger partial charge is 0.497 e. The number of rotatable bonds is 8. The van der Waals surface area contributed by atoms with Gasteiger partial charge in [0, 0.05) is 6.04 Å². The lowest BCUT2D eigenvalue weighted by atomic mass is 10.0. The molecule has 3 nitrogen and oxygen atoms in total. The first-order chi connectivity index (χ1) is 9.51. The third-order valence-electron chi connectivity index (χ3n) is 3.35. The van der Waals surface area contributed by atoms with Crippen LogP contribution in [0.25, 0.3) is 0 Å². The van der Waals surface area contributed by atoms with Crippen molar-refractivity contribution < 1.29 is 9.53 Å². The Morgan fingerprint density at radius 1 is 1.15 bits per heavy atom. The molecule has 1 aromatic carbocycles. The molecular weight excluding hydrogens is 250 g/mol. The van der Waals surface area contributed by atoms with Crippen molar-refractivity contribution in [2.75, 3.05) is 7.11 Å². The lowest BCUT2D eigenvalue weighted by Crippen LogP contribution is -2.33. The smallest absolute Gasteiger partial charge is 0.224 e. The maximum atomic E-state index is 11.9. The first-order valence-corrected chi connectivity index (χ1v) is 7.43. The molecular formula is C17H27NO2. The number of hydrogen-bond donors (Lipinski definition) is 1. The van der Waals surface area contributed by atoms with Crippen LogP contribution in [0.2, 0.25) is 0 Å². The van der Waals surface area contributed by atoms with Crippen molar-refractivity contribution in [3.8, 4) is 5.75 Å². The standard InChI is InChI=1S/C17H27NO2/c1-13(2)6-5-7-14(3)18-17(19)12-15-8-10-16(20-4)11-9-15/h8-11,13-14H,5-7,12H2,1-4H3,(H,18,19). The van der Waals surface area contributed by atoms with Gasteiger partial charge in [-0.05, 0) is 37.0 Å². The number of carbonyl (C=O) groups excluding carboxylic acids is 1. The van der Waals surface area contributed by atoms with Gasteiger partial charge in [0.1, 0.15) is 5.75 Å². The molecule has 1 aromatic rings. The van der Waals surface area contributed by atoms with Crippen LogP contribution >= 0.6 is 0 Å². The third kappa shape index (κ3) is 6.60. The highest BCUT2D eigenvalue weighted by molar-refractivity contribution is 5.78. The highest BCUT2D eigenvalue weighted by atomic mass is 16.5. The normalized spacial score (nSPS) is 12.2. The van der Waals surface area contributed by atoms with Gasteiger partial charge in [-0.3, -0.25) is 4.79 Å². The van der Waals surface area contributed by atoms with E-state index in [-0.39, 0.29) is 11.9 Å². The van der Waals surface area contributed by atoms with Crippen LogP contribution in [0.4, 0.5) is 0 Å². The Balaban J connectivity index is 2.31. The van der Waals surface area contributed by atoms with Crippen LogP contribution in [0.1, 0.15) is 45.6 Å². The molecule has 3 heteroatoms. The van der Waals surface area contributed by atoms with E-state index >= 15 is 0 Å². The van der Waals surface area contributed by atoms with Gasteiger partial charge in [0.15, 0.2) is 0 Å². The van der Waals surface area contributed by atoms with Crippen molar-refractivity contribution in [1.82, 2.24) is 5.32 Å². The Morgan fingerprint density at radius 3 is 2.35 bits per heavy atom. The summed E-state index contributed by atoms with van der Waals surface area (Å²) in [5, 5.41) is 3.06. The topological polar surface area (TPSA) is 38.3 Å². The molecule has 1 rings (SSSR count). The van der Waals surface area contributed by atoms with E-state index in [4.69, 9.17) is 4.74 Å². The second kappa shape index (κ2) is 8.62. The van der Waals surface area contributed by atoms with E-state index in [0.717, 1.165) is 23.7 Å². The number of ether oxygens (including phenoxy) is 1. The molecule has 0 aliphatic carbocycles. The molecule has 1 amide bonds. The minimum atomic E-state index is 0.0900. The average molecular weight is 277 g/mol. The molecule has 1 unspecified atom stereocenters. The molecule has 112 valence electrons. The summed E-state index contributed by atoms with van der Waals surface area (Å²) in [4.78, 5) is 11.9. The third-order valence-corrected chi connectivity index (χ3v) is 3.35. The van der Waals surface area contributed by atoms with Crippen molar-refractivity contribution in [1.29, 1.82) is 0 Å². The molecule has 0 aromatic heterocycles. The molecule has 0 aliphatic heterocycles. The molecule has 0 bridgehead atoms. The quantitative estimate of drug-likeness (QED) is 0.789. The van der Waals surface area contributed by atoms with E-state index in [9.17, 15) is 4.79 Å². The maximum absolute atomic E-state index is 11.9. The van der Waals surface area contributed by atoms with Crippen molar-refractivity contribution in [2.45, 2.75) is 52.5 Å². The molecule has 0 saturated heterocycles. The van der Waals surface area contributed by atoms with E-state index in [1.807, 2.05) is 24.3 Å². The van der Waals surface area contributed by atoms with Crippen molar-refractivity contribution in [3.05, 3.63) is 29.8 Å². The van der Waals surface area contributed by atoms with E-state index in [2.05, 4.69) is 26.1 Å². The lowest BCUT2D eigenvalue weighted by molar-refractivity contribution is -0.121. The van der Waals surface area contributed by atoms with Gasteiger partial charge in [0.05, 0.1) is 13.5 Å². The van der Waals surface area contributed by atoms with Gasteiger partial charge in [-0.25, -0.2) is 0 Å². The van der Waals surface area contributed by atoms with Crippen molar-refractivity contribution in [2.24, 2.45) is 5.92 Å². The van der Waals surface area contributed by atoms with Crippen LogP contribution in [0.15, 0.2) is 24.3 Å². The van der Waals surface area contributed by atoms with E-state index in [1.54, 1.807) is 7.11 Å². The SMILES string of the molecule is COc1ccc(CC(=O)NC(C)CCCC(C)C)cc1. The van der Waals surface area contributed by atoms with E-state index in [1.165, 1.54) is 12.8 Å².